The molecule has 0 saturated carbocycles. The molecule has 1 aromatic heterocycles. The third-order valence-electron chi connectivity index (χ3n) is 6.09. The van der Waals surface area contributed by atoms with Crippen LogP contribution in [0.1, 0.15) is 33.6 Å². The van der Waals surface area contributed by atoms with E-state index in [4.69, 9.17) is 19.3 Å². The summed E-state index contributed by atoms with van der Waals surface area (Å²) in [5.41, 5.74) is 4.43. The van der Waals surface area contributed by atoms with Gasteiger partial charge in [-0.1, -0.05) is 48.5 Å². The van der Waals surface area contributed by atoms with Gasteiger partial charge in [0.15, 0.2) is 11.5 Å². The lowest BCUT2D eigenvalue weighted by Gasteiger charge is -2.17. The number of nitrogens with one attached hydrogen (secondary N) is 1. The van der Waals surface area contributed by atoms with Crippen LogP contribution in [0.4, 0.5) is 5.82 Å². The van der Waals surface area contributed by atoms with Crippen LogP contribution in [0.2, 0.25) is 0 Å². The second-order valence-corrected chi connectivity index (χ2v) is 8.31. The molecule has 0 atom stereocenters. The minimum Gasteiger partial charge on any atom is -0.493 e. The molecule has 1 aliphatic rings. The number of anilines is 1. The zero-order valence-electron chi connectivity index (χ0n) is 19.8. The number of aromatic nitrogens is 2. The van der Waals surface area contributed by atoms with Gasteiger partial charge in [-0.2, -0.15) is 5.10 Å². The normalized spacial score (nSPS) is 12.2. The molecule has 35 heavy (non-hydrogen) atoms. The van der Waals surface area contributed by atoms with Gasteiger partial charge in [0, 0.05) is 11.1 Å². The zero-order chi connectivity index (χ0) is 24.2. The lowest BCUT2D eigenvalue weighted by molar-refractivity contribution is 0.102. The lowest BCUT2D eigenvalue weighted by Crippen LogP contribution is -2.17. The third-order valence-corrected chi connectivity index (χ3v) is 6.09. The Morgan fingerprint density at radius 3 is 2.26 bits per heavy atom. The van der Waals surface area contributed by atoms with Crippen molar-refractivity contribution < 1.29 is 19.0 Å². The van der Waals surface area contributed by atoms with Crippen molar-refractivity contribution in [3.63, 3.8) is 0 Å². The SMILES string of the molecule is COc1cc(C(=O)Nc2c3c(nn2-c2ccccc2)CCC3)cc(OC)c1OCc1ccccc1. The predicted octanol–water partition coefficient (Wildman–Crippen LogP) is 5.21. The van der Waals surface area contributed by atoms with Crippen molar-refractivity contribution in [2.45, 2.75) is 25.9 Å². The second-order valence-electron chi connectivity index (χ2n) is 8.31. The van der Waals surface area contributed by atoms with Crippen molar-refractivity contribution in [3.8, 4) is 22.9 Å². The van der Waals surface area contributed by atoms with Gasteiger partial charge in [-0.05, 0) is 49.1 Å². The highest BCUT2D eigenvalue weighted by atomic mass is 16.5. The second kappa shape index (κ2) is 9.93. The summed E-state index contributed by atoms with van der Waals surface area (Å²) in [6.45, 7) is 0.349. The van der Waals surface area contributed by atoms with E-state index in [-0.39, 0.29) is 5.91 Å². The van der Waals surface area contributed by atoms with E-state index in [0.717, 1.165) is 41.8 Å². The molecule has 1 aliphatic carbocycles. The fourth-order valence-electron chi connectivity index (χ4n) is 4.34. The molecule has 0 spiro atoms. The number of amides is 1. The fraction of sp³-hybridized carbons (Fsp3) is 0.214. The Morgan fingerprint density at radius 2 is 1.60 bits per heavy atom. The number of carbonyl (C=O) groups excluding carboxylic acids is 1. The van der Waals surface area contributed by atoms with Crippen molar-refractivity contribution in [2.75, 3.05) is 19.5 Å². The molecule has 4 aromatic rings. The van der Waals surface area contributed by atoms with E-state index < -0.39 is 0 Å². The number of benzene rings is 3. The molecule has 1 amide bonds. The van der Waals surface area contributed by atoms with Gasteiger partial charge in [0.05, 0.1) is 25.6 Å². The van der Waals surface area contributed by atoms with Crippen LogP contribution in [-0.2, 0) is 19.4 Å². The van der Waals surface area contributed by atoms with Gasteiger partial charge >= 0.3 is 0 Å². The molecule has 1 heterocycles. The maximum Gasteiger partial charge on any atom is 0.257 e. The minimum atomic E-state index is -0.275. The van der Waals surface area contributed by atoms with Gasteiger partial charge in [0.25, 0.3) is 5.91 Å². The van der Waals surface area contributed by atoms with E-state index in [1.165, 1.54) is 0 Å². The van der Waals surface area contributed by atoms with Gasteiger partial charge in [-0.3, -0.25) is 4.79 Å². The molecule has 0 fully saturated rings. The molecule has 0 radical (unpaired) electrons. The first kappa shape index (κ1) is 22.5. The number of methoxy groups -OCH3 is 2. The van der Waals surface area contributed by atoms with E-state index >= 15 is 0 Å². The maximum atomic E-state index is 13.4. The van der Waals surface area contributed by atoms with Gasteiger partial charge in [-0.15, -0.1) is 0 Å². The molecule has 178 valence electrons. The number of rotatable bonds is 8. The number of hydrogen-bond acceptors (Lipinski definition) is 5. The number of nitrogens with zero attached hydrogens (tertiary/aromatic N) is 2. The Morgan fingerprint density at radius 1 is 0.943 bits per heavy atom. The van der Waals surface area contributed by atoms with Crippen molar-refractivity contribution in [3.05, 3.63) is 95.2 Å². The number of fused-ring (bicyclic) bond motifs is 1. The molecule has 0 unspecified atom stereocenters. The Hall–Kier alpha value is -4.26. The molecular weight excluding hydrogens is 442 g/mol. The van der Waals surface area contributed by atoms with Gasteiger partial charge in [-0.25, -0.2) is 4.68 Å². The molecule has 7 nitrogen and oxygen atoms in total. The van der Waals surface area contributed by atoms with E-state index in [9.17, 15) is 4.79 Å². The Bertz CT molecular complexity index is 1310. The summed E-state index contributed by atoms with van der Waals surface area (Å²) in [5, 5.41) is 7.87. The molecule has 7 heteroatoms. The highest BCUT2D eigenvalue weighted by Gasteiger charge is 2.25. The fourth-order valence-corrected chi connectivity index (χ4v) is 4.34. The van der Waals surface area contributed by atoms with E-state index in [2.05, 4.69) is 5.32 Å². The van der Waals surface area contributed by atoms with E-state index in [1.54, 1.807) is 26.4 Å². The van der Waals surface area contributed by atoms with Gasteiger partial charge < -0.3 is 19.5 Å². The summed E-state index contributed by atoms with van der Waals surface area (Å²) in [6.07, 6.45) is 2.83. The number of aryl methyl sites for hydroxylation is 1. The van der Waals surface area contributed by atoms with Crippen LogP contribution < -0.4 is 19.5 Å². The standard InChI is InChI=1S/C28H27N3O4/c1-33-24-16-20(17-25(34-2)26(24)35-18-19-10-5-3-6-11-19)28(32)29-27-22-14-9-15-23(22)30-31(27)21-12-7-4-8-13-21/h3-8,10-13,16-17H,9,14-15,18H2,1-2H3,(H,29,32). The van der Waals surface area contributed by atoms with Crippen molar-refractivity contribution in [2.24, 2.45) is 0 Å². The first-order valence-corrected chi connectivity index (χ1v) is 11.6. The van der Waals surface area contributed by atoms with Crippen LogP contribution in [0.5, 0.6) is 17.2 Å². The topological polar surface area (TPSA) is 74.6 Å². The molecule has 3 aromatic carbocycles. The third kappa shape index (κ3) is 4.57. The van der Waals surface area contributed by atoms with Crippen molar-refractivity contribution >= 4 is 11.7 Å². The number of carbonyl (C=O) groups is 1. The quantitative estimate of drug-likeness (QED) is 0.384. The first-order valence-electron chi connectivity index (χ1n) is 11.6. The maximum absolute atomic E-state index is 13.4. The van der Waals surface area contributed by atoms with Crippen LogP contribution in [-0.4, -0.2) is 29.9 Å². The minimum absolute atomic E-state index is 0.275. The molecule has 0 bridgehead atoms. The summed E-state index contributed by atoms with van der Waals surface area (Å²) in [7, 11) is 3.09. The Balaban J connectivity index is 1.45. The summed E-state index contributed by atoms with van der Waals surface area (Å²) >= 11 is 0. The van der Waals surface area contributed by atoms with E-state index in [0.29, 0.717) is 35.2 Å². The molecular formula is C28H27N3O4. The summed E-state index contributed by atoms with van der Waals surface area (Å²) in [4.78, 5) is 13.4. The van der Waals surface area contributed by atoms with Crippen LogP contribution in [0.3, 0.4) is 0 Å². The Kier molecular flexibility index (Phi) is 6.39. The summed E-state index contributed by atoms with van der Waals surface area (Å²) < 4.78 is 19.0. The van der Waals surface area contributed by atoms with Crippen LogP contribution in [0.25, 0.3) is 5.69 Å². The van der Waals surface area contributed by atoms with E-state index in [1.807, 2.05) is 65.3 Å². The predicted molar refractivity (Wildman–Crippen MR) is 134 cm³/mol. The molecule has 0 saturated heterocycles. The van der Waals surface area contributed by atoms with Crippen molar-refractivity contribution in [1.29, 1.82) is 0 Å². The lowest BCUT2D eigenvalue weighted by atomic mass is 10.1. The first-order chi connectivity index (χ1) is 17.2. The van der Waals surface area contributed by atoms with Gasteiger partial charge in [0.2, 0.25) is 5.75 Å². The highest BCUT2D eigenvalue weighted by molar-refractivity contribution is 6.05. The monoisotopic (exact) mass is 469 g/mol. The molecule has 0 aliphatic heterocycles. The average molecular weight is 470 g/mol. The molecule has 5 rings (SSSR count). The van der Waals surface area contributed by atoms with Crippen LogP contribution in [0.15, 0.2) is 72.8 Å². The smallest absolute Gasteiger partial charge is 0.257 e. The van der Waals surface area contributed by atoms with Crippen LogP contribution in [0, 0.1) is 0 Å². The number of ether oxygens (including phenoxy) is 3. The number of hydrogen-bond donors (Lipinski definition) is 1. The summed E-state index contributed by atoms with van der Waals surface area (Å²) in [5.74, 6) is 1.73. The Labute approximate surface area is 204 Å². The highest BCUT2D eigenvalue weighted by Crippen LogP contribution is 2.39. The van der Waals surface area contributed by atoms with Crippen molar-refractivity contribution in [1.82, 2.24) is 9.78 Å². The number of para-hydroxylation sites is 1. The zero-order valence-corrected chi connectivity index (χ0v) is 19.8. The summed E-state index contributed by atoms with van der Waals surface area (Å²) in [6, 6.07) is 23.0. The largest absolute Gasteiger partial charge is 0.493 e. The average Bonchev–Trinajstić information content (AvgIpc) is 3.50. The van der Waals surface area contributed by atoms with Gasteiger partial charge in [0.1, 0.15) is 12.4 Å². The molecule has 1 N–H and O–H groups in total. The van der Waals surface area contributed by atoms with Crippen LogP contribution >= 0.6 is 0 Å².